The highest BCUT2D eigenvalue weighted by atomic mass is 35.5. The zero-order valence-corrected chi connectivity index (χ0v) is 12.9. The van der Waals surface area contributed by atoms with Gasteiger partial charge < -0.3 is 4.74 Å². The lowest BCUT2D eigenvalue weighted by molar-refractivity contribution is -0.140. The van der Waals surface area contributed by atoms with Gasteiger partial charge in [0.15, 0.2) is 4.96 Å². The number of carbonyl (C=O) groups excluding carboxylic acids is 1. The zero-order chi connectivity index (χ0) is 14.8. The van der Waals surface area contributed by atoms with E-state index in [-0.39, 0.29) is 5.97 Å². The van der Waals surface area contributed by atoms with E-state index in [9.17, 15) is 4.79 Å². The van der Waals surface area contributed by atoms with Gasteiger partial charge in [0.1, 0.15) is 0 Å². The molecule has 0 atom stereocenters. The van der Waals surface area contributed by atoms with E-state index in [4.69, 9.17) is 11.6 Å². The smallest absolute Gasteiger partial charge is 0.305 e. The number of ether oxygens (including phenoxy) is 1. The molecule has 2 aromatic heterocycles. The highest BCUT2D eigenvalue weighted by molar-refractivity contribution is 7.15. The maximum atomic E-state index is 11.2. The first-order chi connectivity index (χ1) is 10.2. The number of fused-ring (bicyclic) bond motifs is 1. The van der Waals surface area contributed by atoms with Gasteiger partial charge in [0.25, 0.3) is 0 Å². The molecule has 0 aliphatic carbocycles. The van der Waals surface area contributed by atoms with Crippen LogP contribution in [0.4, 0.5) is 0 Å². The molecule has 3 rings (SSSR count). The van der Waals surface area contributed by atoms with E-state index in [0.717, 1.165) is 21.9 Å². The van der Waals surface area contributed by atoms with Crippen LogP contribution in [0.15, 0.2) is 35.8 Å². The topological polar surface area (TPSA) is 43.6 Å². The Labute approximate surface area is 131 Å². The molecule has 0 bridgehead atoms. The van der Waals surface area contributed by atoms with Gasteiger partial charge in [-0.25, -0.2) is 4.98 Å². The molecule has 2 heterocycles. The standard InChI is InChI=1S/C15H13ClN2O2S/c1-20-14(19)6-5-12-9-21-15-17-13(8-18(12)15)10-3-2-4-11(16)7-10/h2-4,7-9H,5-6H2,1H3. The van der Waals surface area contributed by atoms with E-state index in [0.29, 0.717) is 17.9 Å². The molecule has 1 aromatic carbocycles. The van der Waals surface area contributed by atoms with Crippen molar-refractivity contribution in [1.29, 1.82) is 0 Å². The van der Waals surface area contributed by atoms with E-state index in [1.807, 2.05) is 40.2 Å². The molecule has 0 unspecified atom stereocenters. The Kier molecular flexibility index (Phi) is 3.94. The van der Waals surface area contributed by atoms with Crippen molar-refractivity contribution in [2.75, 3.05) is 7.11 Å². The molecule has 0 aliphatic rings. The summed E-state index contributed by atoms with van der Waals surface area (Å²) >= 11 is 7.58. The summed E-state index contributed by atoms with van der Waals surface area (Å²) in [5.41, 5.74) is 2.92. The van der Waals surface area contributed by atoms with Gasteiger partial charge in [-0.3, -0.25) is 9.20 Å². The summed E-state index contributed by atoms with van der Waals surface area (Å²) in [5, 5.41) is 2.71. The number of thiazole rings is 1. The second-order valence-electron chi connectivity index (χ2n) is 4.59. The van der Waals surface area contributed by atoms with Crippen molar-refractivity contribution in [1.82, 2.24) is 9.38 Å². The summed E-state index contributed by atoms with van der Waals surface area (Å²) in [4.78, 5) is 16.8. The van der Waals surface area contributed by atoms with E-state index >= 15 is 0 Å². The Hall–Kier alpha value is -1.85. The third-order valence-corrected chi connectivity index (χ3v) is 4.34. The Balaban J connectivity index is 1.90. The molecule has 108 valence electrons. The van der Waals surface area contributed by atoms with Gasteiger partial charge in [0.05, 0.1) is 19.2 Å². The van der Waals surface area contributed by atoms with Crippen LogP contribution < -0.4 is 0 Å². The van der Waals surface area contributed by atoms with Crippen LogP contribution in [0.3, 0.4) is 0 Å². The first-order valence-corrected chi connectivity index (χ1v) is 7.71. The number of imidazole rings is 1. The van der Waals surface area contributed by atoms with E-state index in [2.05, 4.69) is 9.72 Å². The van der Waals surface area contributed by atoms with Gasteiger partial charge >= 0.3 is 5.97 Å². The lowest BCUT2D eigenvalue weighted by atomic mass is 10.2. The normalized spacial score (nSPS) is 11.0. The molecule has 0 fully saturated rings. The molecule has 21 heavy (non-hydrogen) atoms. The molecule has 0 aliphatic heterocycles. The molecular weight excluding hydrogens is 308 g/mol. The fourth-order valence-electron chi connectivity index (χ4n) is 2.13. The number of nitrogens with zero attached hydrogens (tertiary/aromatic N) is 2. The molecule has 0 spiro atoms. The van der Waals surface area contributed by atoms with Gasteiger partial charge in [-0.2, -0.15) is 0 Å². The van der Waals surface area contributed by atoms with E-state index in [1.54, 1.807) is 11.3 Å². The van der Waals surface area contributed by atoms with Crippen LogP contribution in [0.5, 0.6) is 0 Å². The van der Waals surface area contributed by atoms with Crippen LogP contribution in [-0.2, 0) is 16.0 Å². The summed E-state index contributed by atoms with van der Waals surface area (Å²) in [6.45, 7) is 0. The summed E-state index contributed by atoms with van der Waals surface area (Å²) in [6.07, 6.45) is 2.98. The lowest BCUT2D eigenvalue weighted by Gasteiger charge is -1.99. The molecule has 3 aromatic rings. The van der Waals surface area contributed by atoms with Gasteiger partial charge in [-0.05, 0) is 18.6 Å². The van der Waals surface area contributed by atoms with Crippen molar-refractivity contribution in [3.05, 3.63) is 46.6 Å². The van der Waals surface area contributed by atoms with Crippen LogP contribution in [0, 0.1) is 0 Å². The number of hydrogen-bond donors (Lipinski definition) is 0. The van der Waals surface area contributed by atoms with Crippen LogP contribution in [0.25, 0.3) is 16.2 Å². The Morgan fingerprint density at radius 1 is 1.48 bits per heavy atom. The van der Waals surface area contributed by atoms with Crippen molar-refractivity contribution in [2.45, 2.75) is 12.8 Å². The van der Waals surface area contributed by atoms with Gasteiger partial charge in [0, 0.05) is 27.9 Å². The SMILES string of the molecule is COC(=O)CCc1csc2nc(-c3cccc(Cl)c3)cn12. The van der Waals surface area contributed by atoms with Crippen LogP contribution in [0.2, 0.25) is 5.02 Å². The summed E-state index contributed by atoms with van der Waals surface area (Å²) < 4.78 is 6.69. The fourth-order valence-corrected chi connectivity index (χ4v) is 3.23. The van der Waals surface area contributed by atoms with E-state index < -0.39 is 0 Å². The number of aryl methyl sites for hydroxylation is 1. The van der Waals surface area contributed by atoms with Crippen LogP contribution in [0.1, 0.15) is 12.1 Å². The van der Waals surface area contributed by atoms with Gasteiger partial charge in [0.2, 0.25) is 0 Å². The number of benzene rings is 1. The highest BCUT2D eigenvalue weighted by Crippen LogP contribution is 2.26. The number of aromatic nitrogens is 2. The number of halogens is 1. The molecule has 0 saturated carbocycles. The lowest BCUT2D eigenvalue weighted by Crippen LogP contribution is -2.02. The van der Waals surface area contributed by atoms with Crippen LogP contribution >= 0.6 is 22.9 Å². The van der Waals surface area contributed by atoms with Crippen molar-refractivity contribution < 1.29 is 9.53 Å². The highest BCUT2D eigenvalue weighted by Gasteiger charge is 2.11. The second-order valence-corrected chi connectivity index (χ2v) is 5.87. The molecule has 0 saturated heterocycles. The van der Waals surface area contributed by atoms with Crippen molar-refractivity contribution in [3.8, 4) is 11.3 Å². The van der Waals surface area contributed by atoms with E-state index in [1.165, 1.54) is 7.11 Å². The molecule has 6 heteroatoms. The largest absolute Gasteiger partial charge is 0.469 e. The van der Waals surface area contributed by atoms with Crippen molar-refractivity contribution in [3.63, 3.8) is 0 Å². The Bertz CT molecular complexity index is 794. The Morgan fingerprint density at radius 2 is 2.33 bits per heavy atom. The van der Waals surface area contributed by atoms with Gasteiger partial charge in [-0.1, -0.05) is 23.7 Å². The monoisotopic (exact) mass is 320 g/mol. The minimum absolute atomic E-state index is 0.204. The number of methoxy groups -OCH3 is 1. The summed E-state index contributed by atoms with van der Waals surface area (Å²) in [7, 11) is 1.40. The second kappa shape index (κ2) is 5.87. The molecule has 0 amide bonds. The van der Waals surface area contributed by atoms with Crippen LogP contribution in [-0.4, -0.2) is 22.5 Å². The molecule has 4 nitrogen and oxygen atoms in total. The van der Waals surface area contributed by atoms with Gasteiger partial charge in [-0.15, -0.1) is 11.3 Å². The summed E-state index contributed by atoms with van der Waals surface area (Å²) in [6, 6.07) is 7.61. The van der Waals surface area contributed by atoms with Crippen molar-refractivity contribution in [2.24, 2.45) is 0 Å². The minimum atomic E-state index is -0.204. The summed E-state index contributed by atoms with van der Waals surface area (Å²) in [5.74, 6) is -0.204. The average Bonchev–Trinajstić information content (AvgIpc) is 3.05. The average molecular weight is 321 g/mol. The maximum Gasteiger partial charge on any atom is 0.305 e. The molecular formula is C15H13ClN2O2S. The number of hydrogen-bond acceptors (Lipinski definition) is 4. The molecule has 0 radical (unpaired) electrons. The Morgan fingerprint density at radius 3 is 3.10 bits per heavy atom. The maximum absolute atomic E-state index is 11.2. The number of rotatable bonds is 4. The van der Waals surface area contributed by atoms with Crippen molar-refractivity contribution >= 4 is 33.9 Å². The molecule has 0 N–H and O–H groups in total. The minimum Gasteiger partial charge on any atom is -0.469 e. The third-order valence-electron chi connectivity index (χ3n) is 3.22. The first kappa shape index (κ1) is 14.1. The predicted molar refractivity (Wildman–Crippen MR) is 83.9 cm³/mol. The number of carbonyl (C=O) groups is 1. The first-order valence-electron chi connectivity index (χ1n) is 6.45. The quantitative estimate of drug-likeness (QED) is 0.686. The third kappa shape index (κ3) is 2.94. The number of esters is 1. The predicted octanol–water partition coefficient (Wildman–Crippen LogP) is 3.82. The zero-order valence-electron chi connectivity index (χ0n) is 11.4. The fraction of sp³-hybridized carbons (Fsp3) is 0.200.